The Balaban J connectivity index is 5.72. The molecule has 0 fully saturated rings. The fourth-order valence-corrected chi connectivity index (χ4v) is 2.79. The maximum atomic E-state index is 12.7. The number of esters is 4. The van der Waals surface area contributed by atoms with Crippen LogP contribution >= 0.6 is 37.9 Å². The smallest absolute Gasteiger partial charge is 0.318 e. The molecule has 11 heteroatoms. The Hall–Kier alpha value is -1.07. The summed E-state index contributed by atoms with van der Waals surface area (Å²) in [5, 5.41) is -2.11. The van der Waals surface area contributed by atoms with Crippen molar-refractivity contribution in [1.82, 2.24) is 0 Å². The molecular formula is C22H38O8S3. The van der Waals surface area contributed by atoms with Gasteiger partial charge in [-0.15, -0.1) is 0 Å². The molecular weight excluding hydrogens is 488 g/mol. The molecule has 0 saturated heterocycles. The van der Waals surface area contributed by atoms with Gasteiger partial charge in [0.25, 0.3) is 0 Å². The molecule has 0 heterocycles. The highest BCUT2D eigenvalue weighted by molar-refractivity contribution is 7.82. The van der Waals surface area contributed by atoms with Crippen LogP contribution in [0.2, 0.25) is 0 Å². The van der Waals surface area contributed by atoms with Gasteiger partial charge < -0.3 is 18.9 Å². The third-order valence-corrected chi connectivity index (χ3v) is 5.47. The maximum Gasteiger partial charge on any atom is 0.318 e. The van der Waals surface area contributed by atoms with E-state index in [0.29, 0.717) is 12.8 Å². The first-order chi connectivity index (χ1) is 15.4. The van der Waals surface area contributed by atoms with E-state index in [1.54, 1.807) is 0 Å². The summed E-state index contributed by atoms with van der Waals surface area (Å²) in [6.07, 6.45) is 3.12. The van der Waals surface area contributed by atoms with Crippen molar-refractivity contribution < 1.29 is 38.1 Å². The van der Waals surface area contributed by atoms with Gasteiger partial charge >= 0.3 is 23.9 Å². The summed E-state index contributed by atoms with van der Waals surface area (Å²) < 4.78 is 21.5. The molecule has 0 aliphatic carbocycles. The number of carbonyl (C=O) groups is 4. The molecule has 0 N–H and O–H groups in total. The zero-order valence-corrected chi connectivity index (χ0v) is 22.8. The van der Waals surface area contributed by atoms with E-state index in [1.165, 1.54) is 20.8 Å². The number of hydrogen-bond acceptors (Lipinski definition) is 11. The molecule has 0 amide bonds. The highest BCUT2D eigenvalue weighted by atomic mass is 32.1. The minimum absolute atomic E-state index is 0.287. The molecule has 33 heavy (non-hydrogen) atoms. The van der Waals surface area contributed by atoms with Crippen LogP contribution in [-0.4, -0.2) is 66.1 Å². The second kappa shape index (κ2) is 16.5. The maximum absolute atomic E-state index is 12.7. The van der Waals surface area contributed by atoms with Gasteiger partial charge in [-0.05, 0) is 33.6 Å². The molecule has 0 radical (unpaired) electrons. The van der Waals surface area contributed by atoms with Crippen LogP contribution in [0.5, 0.6) is 0 Å². The van der Waals surface area contributed by atoms with Crippen LogP contribution in [0.3, 0.4) is 0 Å². The summed E-state index contributed by atoms with van der Waals surface area (Å²) in [4.78, 5) is 48.8. The lowest BCUT2D eigenvalue weighted by molar-refractivity contribution is -0.171. The molecule has 0 spiro atoms. The Morgan fingerprint density at radius 2 is 1.00 bits per heavy atom. The van der Waals surface area contributed by atoms with Gasteiger partial charge in [0.15, 0.2) is 0 Å². The van der Waals surface area contributed by atoms with E-state index < -0.39 is 45.0 Å². The molecule has 0 aliphatic rings. The standard InChI is InChI=1S/C22H38O8S3/c1-6-8-9-17(7-2)21(26)30-13-22(10-27-18(23)14(3)31,11-28-19(24)15(4)32)12-29-20(25)16(5)33/h14-17,31-33H,6-13H2,1-5H3. The van der Waals surface area contributed by atoms with Gasteiger partial charge in [-0.3, -0.25) is 19.2 Å². The first-order valence-electron chi connectivity index (χ1n) is 11.1. The van der Waals surface area contributed by atoms with Crippen molar-refractivity contribution in [3.63, 3.8) is 0 Å². The largest absolute Gasteiger partial charge is 0.464 e. The van der Waals surface area contributed by atoms with Gasteiger partial charge in [0.05, 0.1) is 21.7 Å². The lowest BCUT2D eigenvalue weighted by Crippen LogP contribution is -2.45. The van der Waals surface area contributed by atoms with Crippen LogP contribution in [-0.2, 0) is 38.1 Å². The topological polar surface area (TPSA) is 105 Å². The summed E-state index contributed by atoms with van der Waals surface area (Å²) in [5.41, 5.74) is -1.31. The number of carbonyl (C=O) groups excluding carboxylic acids is 4. The Bertz CT molecular complexity index is 577. The molecule has 0 aromatic carbocycles. The SMILES string of the molecule is CCCCC(CC)C(=O)OCC(COC(=O)C(C)S)(COC(=O)C(C)S)COC(=O)C(C)S. The van der Waals surface area contributed by atoms with Crippen molar-refractivity contribution in [2.45, 2.75) is 76.1 Å². The zero-order valence-electron chi connectivity index (χ0n) is 20.1. The highest BCUT2D eigenvalue weighted by Crippen LogP contribution is 2.24. The normalized spacial score (nSPS) is 16.5. The number of rotatable bonds is 16. The number of ether oxygens (including phenoxy) is 4. The summed E-state index contributed by atoms with van der Waals surface area (Å²) in [6, 6.07) is 0. The predicted octanol–water partition coefficient (Wildman–Crippen LogP) is 3.32. The summed E-state index contributed by atoms with van der Waals surface area (Å²) in [7, 11) is 0. The van der Waals surface area contributed by atoms with E-state index in [9.17, 15) is 19.2 Å². The third-order valence-electron chi connectivity index (χ3n) is 4.84. The summed E-state index contributed by atoms with van der Waals surface area (Å²) in [6.45, 7) is 7.30. The molecule has 8 nitrogen and oxygen atoms in total. The van der Waals surface area contributed by atoms with Gasteiger partial charge in [0.2, 0.25) is 0 Å². The molecule has 4 atom stereocenters. The fraction of sp³-hybridized carbons (Fsp3) is 0.818. The second-order valence-corrected chi connectivity index (χ2v) is 10.5. The van der Waals surface area contributed by atoms with E-state index in [2.05, 4.69) is 37.9 Å². The lowest BCUT2D eigenvalue weighted by Gasteiger charge is -2.32. The van der Waals surface area contributed by atoms with Gasteiger partial charge in [0, 0.05) is 0 Å². The Kier molecular flexibility index (Phi) is 16.0. The Labute approximate surface area is 213 Å². The van der Waals surface area contributed by atoms with Gasteiger partial charge in [0.1, 0.15) is 31.8 Å². The average molecular weight is 527 g/mol. The van der Waals surface area contributed by atoms with E-state index in [1.807, 2.05) is 13.8 Å². The second-order valence-electron chi connectivity index (χ2n) is 8.21. The lowest BCUT2D eigenvalue weighted by atomic mass is 9.91. The minimum Gasteiger partial charge on any atom is -0.464 e. The summed E-state index contributed by atoms with van der Waals surface area (Å²) >= 11 is 12.2. The Morgan fingerprint density at radius 1 is 0.667 bits per heavy atom. The minimum atomic E-state index is -1.31. The molecule has 0 saturated carbocycles. The van der Waals surface area contributed by atoms with E-state index in [0.717, 1.165) is 12.8 Å². The van der Waals surface area contributed by atoms with Crippen molar-refractivity contribution in [3.8, 4) is 0 Å². The van der Waals surface area contributed by atoms with E-state index in [-0.39, 0.29) is 32.3 Å². The quantitative estimate of drug-likeness (QED) is 0.160. The van der Waals surface area contributed by atoms with E-state index in [4.69, 9.17) is 18.9 Å². The number of thiol groups is 3. The number of hydrogen-bond donors (Lipinski definition) is 3. The molecule has 4 unspecified atom stereocenters. The van der Waals surface area contributed by atoms with Crippen LogP contribution in [0.1, 0.15) is 60.3 Å². The van der Waals surface area contributed by atoms with Crippen LogP contribution in [0.25, 0.3) is 0 Å². The summed E-state index contributed by atoms with van der Waals surface area (Å²) in [5.74, 6) is -2.56. The molecule has 0 rings (SSSR count). The van der Waals surface area contributed by atoms with Crippen LogP contribution in [0.15, 0.2) is 0 Å². The average Bonchev–Trinajstić information content (AvgIpc) is 2.77. The van der Waals surface area contributed by atoms with Crippen molar-refractivity contribution >= 4 is 61.8 Å². The van der Waals surface area contributed by atoms with Gasteiger partial charge in [-0.2, -0.15) is 37.9 Å². The monoisotopic (exact) mass is 526 g/mol. The molecule has 0 aromatic rings. The third kappa shape index (κ3) is 12.8. The van der Waals surface area contributed by atoms with Crippen LogP contribution < -0.4 is 0 Å². The first-order valence-corrected chi connectivity index (χ1v) is 12.6. The van der Waals surface area contributed by atoms with Crippen molar-refractivity contribution in [2.24, 2.45) is 11.3 Å². The van der Waals surface area contributed by atoms with Gasteiger partial charge in [-0.25, -0.2) is 0 Å². The number of unbranched alkanes of at least 4 members (excludes halogenated alkanes) is 1. The van der Waals surface area contributed by atoms with Crippen molar-refractivity contribution in [3.05, 3.63) is 0 Å². The molecule has 192 valence electrons. The molecule has 0 aromatic heterocycles. The van der Waals surface area contributed by atoms with Crippen molar-refractivity contribution in [1.29, 1.82) is 0 Å². The van der Waals surface area contributed by atoms with Crippen LogP contribution in [0.4, 0.5) is 0 Å². The zero-order chi connectivity index (χ0) is 25.6. The van der Waals surface area contributed by atoms with Gasteiger partial charge in [-0.1, -0.05) is 26.7 Å². The first kappa shape index (κ1) is 31.9. The van der Waals surface area contributed by atoms with E-state index >= 15 is 0 Å². The fourth-order valence-electron chi connectivity index (χ4n) is 2.57. The van der Waals surface area contributed by atoms with Crippen molar-refractivity contribution in [2.75, 3.05) is 26.4 Å². The van der Waals surface area contributed by atoms with Crippen LogP contribution in [0, 0.1) is 11.3 Å². The predicted molar refractivity (Wildman–Crippen MR) is 135 cm³/mol. The molecule has 0 bridgehead atoms. The Morgan fingerprint density at radius 3 is 1.27 bits per heavy atom. The highest BCUT2D eigenvalue weighted by Gasteiger charge is 2.39. The molecule has 0 aliphatic heterocycles.